The normalized spacial score (nSPS) is 14.2. The minimum atomic E-state index is -0.438. The highest BCUT2D eigenvalue weighted by molar-refractivity contribution is 6.11. The van der Waals surface area contributed by atoms with Gasteiger partial charge in [0, 0.05) is 18.9 Å². The van der Waals surface area contributed by atoms with Gasteiger partial charge in [-0.1, -0.05) is 36.4 Å². The molecule has 29 heavy (non-hydrogen) atoms. The van der Waals surface area contributed by atoms with Crippen LogP contribution in [-0.4, -0.2) is 34.2 Å². The van der Waals surface area contributed by atoms with Crippen LogP contribution >= 0.6 is 0 Å². The van der Waals surface area contributed by atoms with Gasteiger partial charge in [0.15, 0.2) is 0 Å². The molecular weight excluding hydrogens is 366 g/mol. The molecule has 3 aromatic rings. The summed E-state index contributed by atoms with van der Waals surface area (Å²) in [4.78, 5) is 26.6. The van der Waals surface area contributed by atoms with Crippen LogP contribution in [0.4, 0.5) is 11.4 Å². The van der Waals surface area contributed by atoms with Crippen molar-refractivity contribution in [2.45, 2.75) is 26.1 Å². The van der Waals surface area contributed by atoms with Gasteiger partial charge in [-0.05, 0) is 36.2 Å². The van der Waals surface area contributed by atoms with Gasteiger partial charge >= 0.3 is 0 Å². The summed E-state index contributed by atoms with van der Waals surface area (Å²) in [7, 11) is 0. The van der Waals surface area contributed by atoms with E-state index in [2.05, 4.69) is 21.8 Å². The summed E-state index contributed by atoms with van der Waals surface area (Å²) < 4.78 is 1.87. The van der Waals surface area contributed by atoms with E-state index in [1.165, 1.54) is 0 Å². The van der Waals surface area contributed by atoms with Crippen LogP contribution in [0.15, 0.2) is 67.0 Å². The van der Waals surface area contributed by atoms with Crippen molar-refractivity contribution in [3.8, 4) is 0 Å². The molecule has 2 amide bonds. The minimum Gasteiger partial charge on any atom is -0.323 e. The van der Waals surface area contributed by atoms with Gasteiger partial charge in [-0.25, -0.2) is 0 Å². The van der Waals surface area contributed by atoms with Gasteiger partial charge in [0.25, 0.3) is 0 Å². The average molecular weight is 389 g/mol. The first-order chi connectivity index (χ1) is 14.1. The van der Waals surface area contributed by atoms with Gasteiger partial charge in [0.2, 0.25) is 11.8 Å². The van der Waals surface area contributed by atoms with Crippen LogP contribution in [0.2, 0.25) is 0 Å². The lowest BCUT2D eigenvalue weighted by molar-refractivity contribution is -0.123. The van der Waals surface area contributed by atoms with E-state index in [1.54, 1.807) is 17.2 Å². The van der Waals surface area contributed by atoms with E-state index in [1.807, 2.05) is 60.3 Å². The number of amides is 2. The summed E-state index contributed by atoms with van der Waals surface area (Å²) in [6.07, 6.45) is 3.68. The van der Waals surface area contributed by atoms with E-state index < -0.39 is 6.04 Å². The number of hydrogen-bond donors (Lipinski definition) is 2. The first-order valence-corrected chi connectivity index (χ1v) is 9.59. The molecule has 0 saturated heterocycles. The van der Waals surface area contributed by atoms with Crippen LogP contribution in [0.25, 0.3) is 0 Å². The highest BCUT2D eigenvalue weighted by Gasteiger charge is 2.29. The number of rotatable bonds is 6. The summed E-state index contributed by atoms with van der Waals surface area (Å²) in [5.41, 5.74) is 3.64. The molecule has 2 heterocycles. The Morgan fingerprint density at radius 3 is 2.69 bits per heavy atom. The zero-order valence-electron chi connectivity index (χ0n) is 16.2. The summed E-state index contributed by atoms with van der Waals surface area (Å²) in [6, 6.07) is 16.9. The van der Waals surface area contributed by atoms with Crippen molar-refractivity contribution in [1.29, 1.82) is 0 Å². The maximum absolute atomic E-state index is 13.0. The number of hydrogen-bond acceptors (Lipinski definition) is 4. The third-order valence-electron chi connectivity index (χ3n) is 5.02. The van der Waals surface area contributed by atoms with Gasteiger partial charge in [0.05, 0.1) is 24.0 Å². The van der Waals surface area contributed by atoms with E-state index in [9.17, 15) is 9.59 Å². The summed E-state index contributed by atoms with van der Waals surface area (Å²) in [5, 5.41) is 10.4. The van der Waals surface area contributed by atoms with Crippen LogP contribution in [-0.2, 0) is 22.7 Å². The van der Waals surface area contributed by atoms with E-state index in [0.29, 0.717) is 18.8 Å². The molecular formula is C22H23N5O2. The molecule has 1 aliphatic rings. The van der Waals surface area contributed by atoms with Gasteiger partial charge in [-0.2, -0.15) is 5.10 Å². The fraction of sp³-hybridized carbons (Fsp3) is 0.227. The molecule has 1 aromatic heterocycles. The predicted molar refractivity (Wildman–Crippen MR) is 111 cm³/mol. The van der Waals surface area contributed by atoms with Crippen molar-refractivity contribution in [2.24, 2.45) is 0 Å². The smallest absolute Gasteiger partial charge is 0.244 e. The molecule has 0 saturated carbocycles. The van der Waals surface area contributed by atoms with Crippen LogP contribution < -0.4 is 15.5 Å². The van der Waals surface area contributed by atoms with Crippen molar-refractivity contribution in [3.05, 3.63) is 78.1 Å². The van der Waals surface area contributed by atoms with Crippen molar-refractivity contribution < 1.29 is 9.59 Å². The lowest BCUT2D eigenvalue weighted by Crippen LogP contribution is -2.49. The molecule has 1 aliphatic heterocycles. The van der Waals surface area contributed by atoms with Crippen LogP contribution in [0, 0.1) is 0 Å². The molecule has 4 rings (SSSR count). The number of aromatic nitrogens is 2. The van der Waals surface area contributed by atoms with Crippen molar-refractivity contribution in [2.75, 3.05) is 16.8 Å². The molecule has 148 valence electrons. The molecule has 7 heteroatoms. The topological polar surface area (TPSA) is 79.3 Å². The first kappa shape index (κ1) is 18.9. The zero-order valence-corrected chi connectivity index (χ0v) is 16.2. The minimum absolute atomic E-state index is 0.0255. The maximum Gasteiger partial charge on any atom is 0.244 e. The molecule has 2 N–H and O–H groups in total. The Kier molecular flexibility index (Phi) is 5.39. The number of carbonyl (C=O) groups excluding carboxylic acids is 2. The first-order valence-electron chi connectivity index (χ1n) is 9.59. The van der Waals surface area contributed by atoms with Gasteiger partial charge < -0.3 is 10.6 Å². The van der Waals surface area contributed by atoms with Gasteiger partial charge in [0.1, 0.15) is 6.54 Å². The fourth-order valence-electron chi connectivity index (χ4n) is 3.47. The van der Waals surface area contributed by atoms with Crippen molar-refractivity contribution in [3.63, 3.8) is 0 Å². The van der Waals surface area contributed by atoms with E-state index in [0.717, 1.165) is 16.8 Å². The summed E-state index contributed by atoms with van der Waals surface area (Å²) in [6.45, 7) is 3.07. The van der Waals surface area contributed by atoms with Crippen LogP contribution in [0.1, 0.15) is 18.1 Å². The van der Waals surface area contributed by atoms with Crippen molar-refractivity contribution in [1.82, 2.24) is 15.1 Å². The lowest BCUT2D eigenvalue weighted by Gasteiger charge is -2.31. The van der Waals surface area contributed by atoms with E-state index in [4.69, 9.17) is 0 Å². The second-order valence-corrected chi connectivity index (χ2v) is 7.06. The Labute approximate surface area is 169 Å². The largest absolute Gasteiger partial charge is 0.323 e. The Hall–Kier alpha value is -3.45. The summed E-state index contributed by atoms with van der Waals surface area (Å²) >= 11 is 0. The molecule has 0 spiro atoms. The third-order valence-corrected chi connectivity index (χ3v) is 5.02. The molecule has 0 unspecified atom stereocenters. The van der Waals surface area contributed by atoms with E-state index in [-0.39, 0.29) is 18.4 Å². The standard InChI is InChI=1S/C22H23N5O2/c1-16(22(29)27-15-21(28)25-19-9-4-5-10-20(19)27)23-13-17-7-2-3-8-18(17)14-26-12-6-11-24-26/h2-12,16,23H,13-15H2,1H3,(H,25,28)/t16-/m1/s1. The highest BCUT2D eigenvalue weighted by atomic mass is 16.2. The predicted octanol–water partition coefficient (Wildman–Crippen LogP) is 2.39. The quantitative estimate of drug-likeness (QED) is 0.679. The second-order valence-electron chi connectivity index (χ2n) is 7.06. The lowest BCUT2D eigenvalue weighted by atomic mass is 10.1. The molecule has 1 atom stereocenters. The number of nitrogens with one attached hydrogen (secondary N) is 2. The Bertz CT molecular complexity index is 1020. The highest BCUT2D eigenvalue weighted by Crippen LogP contribution is 2.29. The number of nitrogens with zero attached hydrogens (tertiary/aromatic N) is 3. The second kappa shape index (κ2) is 8.28. The Morgan fingerprint density at radius 1 is 1.14 bits per heavy atom. The van der Waals surface area contributed by atoms with Crippen LogP contribution in [0.3, 0.4) is 0 Å². The van der Waals surface area contributed by atoms with Gasteiger partial charge in [-0.15, -0.1) is 0 Å². The van der Waals surface area contributed by atoms with Crippen molar-refractivity contribution >= 4 is 23.2 Å². The fourth-order valence-corrected chi connectivity index (χ4v) is 3.47. The zero-order chi connectivity index (χ0) is 20.2. The number of benzene rings is 2. The number of carbonyl (C=O) groups is 2. The molecule has 2 aromatic carbocycles. The average Bonchev–Trinajstić information content (AvgIpc) is 3.25. The number of fused-ring (bicyclic) bond motifs is 1. The van der Waals surface area contributed by atoms with Crippen LogP contribution in [0.5, 0.6) is 0 Å². The van der Waals surface area contributed by atoms with E-state index >= 15 is 0 Å². The monoisotopic (exact) mass is 389 g/mol. The SMILES string of the molecule is C[C@@H](NCc1ccccc1Cn1cccn1)C(=O)N1CC(=O)Nc2ccccc21. The third kappa shape index (κ3) is 4.20. The number of para-hydroxylation sites is 2. The Balaban J connectivity index is 1.45. The molecule has 7 nitrogen and oxygen atoms in total. The summed E-state index contributed by atoms with van der Waals surface area (Å²) in [5.74, 6) is -0.314. The number of anilines is 2. The Morgan fingerprint density at radius 2 is 1.90 bits per heavy atom. The molecule has 0 radical (unpaired) electrons. The maximum atomic E-state index is 13.0. The molecule has 0 bridgehead atoms. The molecule has 0 fully saturated rings. The molecule has 0 aliphatic carbocycles. The van der Waals surface area contributed by atoms with Gasteiger partial charge in [-0.3, -0.25) is 19.2 Å².